The highest BCUT2D eigenvalue weighted by molar-refractivity contribution is 6.89. The fraction of sp³-hybridized carbons (Fsp3) is 0.321. The summed E-state index contributed by atoms with van der Waals surface area (Å²) >= 11 is 0. The molecule has 7 aromatic rings. The van der Waals surface area contributed by atoms with Gasteiger partial charge in [-0.05, 0) is 127 Å². The molecule has 0 saturated heterocycles. The number of fused-ring (bicyclic) bond motifs is 7. The maximum Gasteiger partial charge on any atom is 0.333 e. The quantitative estimate of drug-likeness (QED) is 0.125. The number of aromatic nitrogens is 2. The Morgan fingerprint density at radius 2 is 1.19 bits per heavy atom. The second kappa shape index (κ2) is 12.9. The topological polar surface area (TPSA) is 9.86 Å². The molecule has 298 valence electrons. The lowest BCUT2D eigenvalue weighted by Crippen LogP contribution is -2.56. The van der Waals surface area contributed by atoms with Crippen molar-refractivity contribution < 1.29 is 0 Å². The van der Waals surface area contributed by atoms with Crippen LogP contribution in [0.5, 0.6) is 0 Å². The molecular formula is C56H61BN2. The van der Waals surface area contributed by atoms with Gasteiger partial charge in [-0.15, -0.1) is 0 Å². The number of hydrogen-bond acceptors (Lipinski definition) is 0. The van der Waals surface area contributed by atoms with Crippen molar-refractivity contribution in [3.05, 3.63) is 143 Å². The van der Waals surface area contributed by atoms with E-state index in [2.05, 4.69) is 210 Å². The summed E-state index contributed by atoms with van der Waals surface area (Å²) in [5, 5.41) is 3.98. The lowest BCUT2D eigenvalue weighted by molar-refractivity contribution is 0.589. The van der Waals surface area contributed by atoms with Crippen LogP contribution in [0.3, 0.4) is 0 Å². The minimum Gasteiger partial charge on any atom is -0.375 e. The van der Waals surface area contributed by atoms with Crippen molar-refractivity contribution in [1.82, 2.24) is 9.05 Å². The first kappa shape index (κ1) is 39.2. The molecule has 0 unspecified atom stereocenters. The summed E-state index contributed by atoms with van der Waals surface area (Å²) in [7, 11) is 0. The van der Waals surface area contributed by atoms with Crippen LogP contribution >= 0.6 is 0 Å². The average molecular weight is 773 g/mol. The number of benzene rings is 5. The molecular weight excluding hydrogens is 711 g/mol. The zero-order chi connectivity index (χ0) is 42.3. The fourth-order valence-electron chi connectivity index (χ4n) is 9.91. The number of nitrogens with zero attached hydrogens (tertiary/aromatic N) is 2. The minimum absolute atomic E-state index is 0.0229. The summed E-state index contributed by atoms with van der Waals surface area (Å²) in [6.45, 7) is 36.9. The maximum absolute atomic E-state index is 4.33. The highest BCUT2D eigenvalue weighted by Gasteiger charge is 2.44. The van der Waals surface area contributed by atoms with Crippen LogP contribution in [0.1, 0.15) is 125 Å². The molecule has 2 aromatic heterocycles. The molecule has 2 nitrogen and oxygen atoms in total. The molecule has 5 aromatic carbocycles. The average Bonchev–Trinajstić information content (AvgIpc) is 3.68. The molecule has 9 rings (SSSR count). The van der Waals surface area contributed by atoms with Gasteiger partial charge in [-0.25, -0.2) is 0 Å². The van der Waals surface area contributed by atoms with Crippen molar-refractivity contribution in [2.75, 3.05) is 0 Å². The van der Waals surface area contributed by atoms with Gasteiger partial charge in [-0.1, -0.05) is 156 Å². The van der Waals surface area contributed by atoms with Crippen LogP contribution in [0.25, 0.3) is 66.4 Å². The van der Waals surface area contributed by atoms with Crippen molar-refractivity contribution in [3.63, 3.8) is 0 Å². The lowest BCUT2D eigenvalue weighted by atomic mass is 9.45. The van der Waals surface area contributed by atoms with Crippen molar-refractivity contribution in [3.8, 4) is 28.1 Å². The SMILES string of the molecule is C=C/C(C)=C(\C=C/C)c1c(-c2ccccc2)n2c3c(cc(C(C)(C)C)cc13)-c1cc(C(C)(C)C)cc3c1B2c1cc(C(C)(C)C)cc2c4cc(C(C)(C)C)ccc4n-3c12. The van der Waals surface area contributed by atoms with Gasteiger partial charge in [0.1, 0.15) is 0 Å². The van der Waals surface area contributed by atoms with Gasteiger partial charge >= 0.3 is 6.85 Å². The first-order chi connectivity index (χ1) is 27.6. The molecule has 59 heavy (non-hydrogen) atoms. The van der Waals surface area contributed by atoms with Gasteiger partial charge < -0.3 is 9.05 Å². The molecule has 2 aliphatic rings. The lowest BCUT2D eigenvalue weighted by Gasteiger charge is -2.37. The van der Waals surface area contributed by atoms with E-state index >= 15 is 0 Å². The number of hydrogen-bond donors (Lipinski definition) is 0. The third-order valence-electron chi connectivity index (χ3n) is 13.3. The van der Waals surface area contributed by atoms with E-state index in [0.717, 1.165) is 0 Å². The highest BCUT2D eigenvalue weighted by Crippen LogP contribution is 2.50. The molecule has 0 aliphatic carbocycles. The molecule has 0 atom stereocenters. The van der Waals surface area contributed by atoms with Crippen molar-refractivity contribution in [1.29, 1.82) is 0 Å². The summed E-state index contributed by atoms with van der Waals surface area (Å²) in [4.78, 5) is 0. The summed E-state index contributed by atoms with van der Waals surface area (Å²) in [6, 6.07) is 33.7. The standard InChI is InChI=1S/C56H61BN2/c1-16-21-39(33(3)17-2)48-44-30-36(54(7,8)9)28-43-41-27-38(56(13,14)15)32-47-49(41)57(59(51(43)44)50(48)34-22-19-18-20-23-34)45-31-37(55(10,11)12)29-42-40-26-35(53(4,5)6)24-25-46(40)58(47)52(42)45/h16-32H,2H2,1,3-15H3/b21-16-,39-33+. The molecule has 3 heteroatoms. The minimum atomic E-state index is -0.0742. The first-order valence-corrected chi connectivity index (χ1v) is 21.7. The van der Waals surface area contributed by atoms with Gasteiger partial charge in [0, 0.05) is 44.2 Å². The van der Waals surface area contributed by atoms with Crippen LogP contribution in [0, 0.1) is 0 Å². The van der Waals surface area contributed by atoms with Gasteiger partial charge in [-0.3, -0.25) is 0 Å². The van der Waals surface area contributed by atoms with Crippen LogP contribution in [-0.2, 0) is 21.7 Å². The van der Waals surface area contributed by atoms with Crippen molar-refractivity contribution >= 4 is 56.1 Å². The van der Waals surface area contributed by atoms with Gasteiger partial charge in [-0.2, -0.15) is 0 Å². The number of allylic oxidation sites excluding steroid dienone is 5. The molecule has 0 fully saturated rings. The predicted octanol–water partition coefficient (Wildman–Crippen LogP) is 14.1. The van der Waals surface area contributed by atoms with Crippen LogP contribution in [0.15, 0.2) is 115 Å². The van der Waals surface area contributed by atoms with E-state index in [1.807, 2.05) is 6.08 Å². The van der Waals surface area contributed by atoms with E-state index in [4.69, 9.17) is 0 Å². The Balaban J connectivity index is 1.60. The van der Waals surface area contributed by atoms with E-state index in [-0.39, 0.29) is 28.5 Å². The fourth-order valence-corrected chi connectivity index (χ4v) is 9.91. The summed E-state index contributed by atoms with van der Waals surface area (Å²) in [5.41, 5.74) is 22.1. The first-order valence-electron chi connectivity index (χ1n) is 21.7. The van der Waals surface area contributed by atoms with Gasteiger partial charge in [0.2, 0.25) is 0 Å². The second-order valence-corrected chi connectivity index (χ2v) is 21.6. The van der Waals surface area contributed by atoms with Gasteiger partial charge in [0.25, 0.3) is 0 Å². The Kier molecular flexibility index (Phi) is 8.55. The van der Waals surface area contributed by atoms with Crippen molar-refractivity contribution in [2.45, 2.75) is 119 Å². The summed E-state index contributed by atoms with van der Waals surface area (Å²) < 4.78 is 5.42. The van der Waals surface area contributed by atoms with Crippen LogP contribution < -0.4 is 10.9 Å². The summed E-state index contributed by atoms with van der Waals surface area (Å²) in [5.74, 6) is 0. The number of rotatable bonds is 4. The highest BCUT2D eigenvalue weighted by atomic mass is 15.0. The van der Waals surface area contributed by atoms with Gasteiger partial charge in [0.05, 0.1) is 11.0 Å². The Morgan fingerprint density at radius 1 is 0.610 bits per heavy atom. The Morgan fingerprint density at radius 3 is 1.80 bits per heavy atom. The van der Waals surface area contributed by atoms with E-state index in [1.54, 1.807) is 0 Å². The molecule has 0 saturated carbocycles. The molecule has 0 bridgehead atoms. The molecule has 0 amide bonds. The van der Waals surface area contributed by atoms with Crippen molar-refractivity contribution in [2.24, 2.45) is 0 Å². The molecule has 0 radical (unpaired) electrons. The van der Waals surface area contributed by atoms with Crippen LogP contribution in [0.4, 0.5) is 0 Å². The maximum atomic E-state index is 4.33. The Bertz CT molecular complexity index is 2980. The van der Waals surface area contributed by atoms with E-state index < -0.39 is 0 Å². The monoisotopic (exact) mass is 772 g/mol. The third-order valence-corrected chi connectivity index (χ3v) is 13.3. The van der Waals surface area contributed by atoms with Gasteiger partial charge in [0.15, 0.2) is 0 Å². The molecule has 0 N–H and O–H groups in total. The third kappa shape index (κ3) is 5.82. The molecule has 2 aliphatic heterocycles. The normalized spacial score (nSPS) is 14.5. The smallest absolute Gasteiger partial charge is 0.333 e. The molecule has 0 spiro atoms. The van der Waals surface area contributed by atoms with Crippen LogP contribution in [-0.4, -0.2) is 15.9 Å². The largest absolute Gasteiger partial charge is 0.375 e. The van der Waals surface area contributed by atoms with E-state index in [9.17, 15) is 0 Å². The Hall–Kier alpha value is -5.28. The zero-order valence-corrected chi connectivity index (χ0v) is 38.0. The van der Waals surface area contributed by atoms with Crippen LogP contribution in [0.2, 0.25) is 0 Å². The zero-order valence-electron chi connectivity index (χ0n) is 38.0. The predicted molar refractivity (Wildman–Crippen MR) is 260 cm³/mol. The molecule has 4 heterocycles. The Labute approximate surface area is 353 Å². The van der Waals surface area contributed by atoms with E-state index in [1.165, 1.54) is 111 Å². The summed E-state index contributed by atoms with van der Waals surface area (Å²) in [6.07, 6.45) is 6.54. The second-order valence-electron chi connectivity index (χ2n) is 21.6. The van der Waals surface area contributed by atoms with E-state index in [0.29, 0.717) is 0 Å².